The standard InChI is InChI=1S/C21H24N6/c1-14-11-15(2)27-20(23-14)16(12-22-27)13-26-10-6-9-19(26)21-24-17-7-4-5-8-18(17)25(21)3/h4-5,7-8,11-12,19H,6,9-10,13H2,1-3H3. The topological polar surface area (TPSA) is 51.2 Å². The molecular weight excluding hydrogens is 336 g/mol. The molecule has 0 aliphatic carbocycles. The predicted molar refractivity (Wildman–Crippen MR) is 106 cm³/mol. The van der Waals surface area contributed by atoms with E-state index >= 15 is 0 Å². The van der Waals surface area contributed by atoms with Crippen LogP contribution < -0.4 is 0 Å². The van der Waals surface area contributed by atoms with E-state index in [1.807, 2.05) is 17.6 Å². The van der Waals surface area contributed by atoms with Gasteiger partial charge in [0.1, 0.15) is 5.82 Å². The highest BCUT2D eigenvalue weighted by Gasteiger charge is 2.30. The van der Waals surface area contributed by atoms with E-state index in [4.69, 9.17) is 9.97 Å². The second kappa shape index (κ2) is 6.16. The summed E-state index contributed by atoms with van der Waals surface area (Å²) >= 11 is 0. The molecule has 27 heavy (non-hydrogen) atoms. The van der Waals surface area contributed by atoms with Crippen molar-refractivity contribution in [1.29, 1.82) is 0 Å². The number of fused-ring (bicyclic) bond motifs is 2. The van der Waals surface area contributed by atoms with Gasteiger partial charge in [0.15, 0.2) is 5.65 Å². The molecule has 4 aromatic rings. The zero-order chi connectivity index (χ0) is 18.5. The number of rotatable bonds is 3. The Kier molecular flexibility index (Phi) is 3.75. The number of hydrogen-bond donors (Lipinski definition) is 0. The summed E-state index contributed by atoms with van der Waals surface area (Å²) < 4.78 is 4.20. The number of likely N-dealkylation sites (tertiary alicyclic amines) is 1. The Balaban J connectivity index is 1.51. The molecule has 5 rings (SSSR count). The lowest BCUT2D eigenvalue weighted by Crippen LogP contribution is -2.25. The minimum atomic E-state index is 0.336. The molecule has 3 aromatic heterocycles. The van der Waals surface area contributed by atoms with Gasteiger partial charge in [-0.05, 0) is 51.4 Å². The van der Waals surface area contributed by atoms with Crippen molar-refractivity contribution in [3.05, 3.63) is 59.3 Å². The summed E-state index contributed by atoms with van der Waals surface area (Å²) in [6, 6.07) is 10.8. The summed E-state index contributed by atoms with van der Waals surface area (Å²) in [6.45, 7) is 6.06. The molecule has 1 aliphatic rings. The normalized spacial score (nSPS) is 18.1. The molecule has 1 aliphatic heterocycles. The first-order chi connectivity index (χ1) is 13.1. The van der Waals surface area contributed by atoms with Gasteiger partial charge in [0.2, 0.25) is 0 Å². The van der Waals surface area contributed by atoms with E-state index in [9.17, 15) is 0 Å². The van der Waals surface area contributed by atoms with Gasteiger partial charge in [0, 0.05) is 30.5 Å². The second-order valence-corrected chi connectivity index (χ2v) is 7.59. The van der Waals surface area contributed by atoms with Crippen LogP contribution in [0.3, 0.4) is 0 Å². The Bertz CT molecular complexity index is 1140. The fourth-order valence-electron chi connectivity index (χ4n) is 4.42. The quantitative estimate of drug-likeness (QED) is 0.560. The lowest BCUT2D eigenvalue weighted by Gasteiger charge is -2.23. The lowest BCUT2D eigenvalue weighted by molar-refractivity contribution is 0.238. The van der Waals surface area contributed by atoms with Gasteiger partial charge in [-0.3, -0.25) is 4.90 Å². The fraction of sp³-hybridized carbons (Fsp3) is 0.381. The Morgan fingerprint density at radius 1 is 1.15 bits per heavy atom. The van der Waals surface area contributed by atoms with Crippen molar-refractivity contribution in [2.24, 2.45) is 7.05 Å². The molecule has 138 valence electrons. The van der Waals surface area contributed by atoms with Gasteiger partial charge in [0.25, 0.3) is 0 Å². The minimum Gasteiger partial charge on any atom is -0.330 e. The van der Waals surface area contributed by atoms with E-state index in [-0.39, 0.29) is 0 Å². The lowest BCUT2D eigenvalue weighted by atomic mass is 10.2. The molecule has 0 amide bonds. The monoisotopic (exact) mass is 360 g/mol. The number of aromatic nitrogens is 5. The number of benzene rings is 1. The summed E-state index contributed by atoms with van der Waals surface area (Å²) in [5.41, 5.74) is 6.59. The third-order valence-corrected chi connectivity index (χ3v) is 5.71. The van der Waals surface area contributed by atoms with Crippen LogP contribution in [0.25, 0.3) is 16.7 Å². The second-order valence-electron chi connectivity index (χ2n) is 7.59. The van der Waals surface area contributed by atoms with Gasteiger partial charge in [0.05, 0.1) is 23.3 Å². The molecule has 6 nitrogen and oxygen atoms in total. The molecule has 1 aromatic carbocycles. The van der Waals surface area contributed by atoms with Gasteiger partial charge in [-0.2, -0.15) is 5.10 Å². The number of para-hydroxylation sites is 2. The van der Waals surface area contributed by atoms with Crippen LogP contribution in [0.5, 0.6) is 0 Å². The molecule has 4 heterocycles. The van der Waals surface area contributed by atoms with E-state index in [2.05, 4.69) is 58.9 Å². The van der Waals surface area contributed by atoms with Crippen LogP contribution >= 0.6 is 0 Å². The Labute approximate surface area is 158 Å². The minimum absolute atomic E-state index is 0.336. The molecule has 0 N–H and O–H groups in total. The maximum absolute atomic E-state index is 4.95. The molecule has 0 saturated carbocycles. The van der Waals surface area contributed by atoms with Gasteiger partial charge in [-0.25, -0.2) is 14.5 Å². The van der Waals surface area contributed by atoms with Crippen molar-refractivity contribution >= 4 is 16.7 Å². The first kappa shape index (κ1) is 16.4. The van der Waals surface area contributed by atoms with Gasteiger partial charge < -0.3 is 4.57 Å². The van der Waals surface area contributed by atoms with Crippen molar-refractivity contribution < 1.29 is 0 Å². The molecule has 1 unspecified atom stereocenters. The number of aryl methyl sites for hydroxylation is 3. The van der Waals surface area contributed by atoms with Gasteiger partial charge in [-0.15, -0.1) is 0 Å². The van der Waals surface area contributed by atoms with Crippen LogP contribution in [-0.4, -0.2) is 35.6 Å². The first-order valence-electron chi connectivity index (χ1n) is 9.58. The predicted octanol–water partition coefficient (Wildman–Crippen LogP) is 3.57. The molecule has 0 spiro atoms. The summed E-state index contributed by atoms with van der Waals surface area (Å²) in [6.07, 6.45) is 4.31. The van der Waals surface area contributed by atoms with E-state index in [0.717, 1.165) is 47.9 Å². The highest BCUT2D eigenvalue weighted by Crippen LogP contribution is 2.34. The maximum Gasteiger partial charge on any atom is 0.159 e. The average molecular weight is 360 g/mol. The summed E-state index contributed by atoms with van der Waals surface area (Å²) in [5.74, 6) is 1.16. The molecule has 1 saturated heterocycles. The Hall–Kier alpha value is -2.73. The summed E-state index contributed by atoms with van der Waals surface area (Å²) in [4.78, 5) is 12.2. The van der Waals surface area contributed by atoms with E-state index in [1.165, 1.54) is 17.5 Å². The molecular formula is C21H24N6. The van der Waals surface area contributed by atoms with Crippen molar-refractivity contribution in [2.75, 3.05) is 6.54 Å². The largest absolute Gasteiger partial charge is 0.330 e. The number of imidazole rings is 1. The summed E-state index contributed by atoms with van der Waals surface area (Å²) in [7, 11) is 2.13. The maximum atomic E-state index is 4.95. The van der Waals surface area contributed by atoms with Crippen LogP contribution in [0.15, 0.2) is 36.5 Å². The Morgan fingerprint density at radius 2 is 2.00 bits per heavy atom. The highest BCUT2D eigenvalue weighted by atomic mass is 15.3. The van der Waals surface area contributed by atoms with Crippen LogP contribution in [0.2, 0.25) is 0 Å². The molecule has 0 bridgehead atoms. The first-order valence-corrected chi connectivity index (χ1v) is 9.58. The zero-order valence-corrected chi connectivity index (χ0v) is 16.1. The SMILES string of the molecule is Cc1cc(C)n2ncc(CN3CCCC3c3nc4ccccc4n3C)c2n1. The van der Waals surface area contributed by atoms with Crippen molar-refractivity contribution in [3.63, 3.8) is 0 Å². The highest BCUT2D eigenvalue weighted by molar-refractivity contribution is 5.75. The smallest absolute Gasteiger partial charge is 0.159 e. The third kappa shape index (κ3) is 2.63. The van der Waals surface area contributed by atoms with Crippen molar-refractivity contribution in [1.82, 2.24) is 29.0 Å². The van der Waals surface area contributed by atoms with Crippen LogP contribution in [-0.2, 0) is 13.6 Å². The Morgan fingerprint density at radius 3 is 2.85 bits per heavy atom. The van der Waals surface area contributed by atoms with Gasteiger partial charge >= 0.3 is 0 Å². The summed E-state index contributed by atoms with van der Waals surface area (Å²) in [5, 5.41) is 4.56. The molecule has 1 fully saturated rings. The molecule has 1 atom stereocenters. The van der Waals surface area contributed by atoms with Crippen LogP contribution in [0.4, 0.5) is 0 Å². The number of hydrogen-bond acceptors (Lipinski definition) is 4. The van der Waals surface area contributed by atoms with E-state index < -0.39 is 0 Å². The molecule has 6 heteroatoms. The molecule has 0 radical (unpaired) electrons. The van der Waals surface area contributed by atoms with Gasteiger partial charge in [-0.1, -0.05) is 12.1 Å². The van der Waals surface area contributed by atoms with Crippen LogP contribution in [0.1, 0.15) is 41.7 Å². The zero-order valence-electron chi connectivity index (χ0n) is 16.1. The van der Waals surface area contributed by atoms with Crippen molar-refractivity contribution in [3.8, 4) is 0 Å². The average Bonchev–Trinajstić information content (AvgIpc) is 3.34. The van der Waals surface area contributed by atoms with E-state index in [1.54, 1.807) is 0 Å². The fourth-order valence-corrected chi connectivity index (χ4v) is 4.42. The third-order valence-electron chi connectivity index (χ3n) is 5.71. The van der Waals surface area contributed by atoms with Crippen molar-refractivity contribution in [2.45, 2.75) is 39.3 Å². The number of nitrogens with zero attached hydrogens (tertiary/aromatic N) is 6. The van der Waals surface area contributed by atoms with Crippen LogP contribution in [0, 0.1) is 13.8 Å². The van der Waals surface area contributed by atoms with E-state index in [0.29, 0.717) is 6.04 Å².